The van der Waals surface area contributed by atoms with E-state index in [2.05, 4.69) is 31.0 Å². The molecular weight excluding hydrogens is 482 g/mol. The van der Waals surface area contributed by atoms with Crippen LogP contribution in [0.1, 0.15) is 54.1 Å². The molecular formula is C26H33N3O4S2. The Balaban J connectivity index is 1.67. The first kappa shape index (κ1) is 25.8. The zero-order valence-electron chi connectivity index (χ0n) is 20.8. The van der Waals surface area contributed by atoms with Crippen molar-refractivity contribution in [2.24, 2.45) is 4.99 Å². The van der Waals surface area contributed by atoms with Gasteiger partial charge in [-0.3, -0.25) is 4.79 Å². The van der Waals surface area contributed by atoms with E-state index in [0.29, 0.717) is 30.1 Å². The fourth-order valence-electron chi connectivity index (χ4n) is 4.82. The highest BCUT2D eigenvalue weighted by atomic mass is 32.2. The molecule has 9 heteroatoms. The third kappa shape index (κ3) is 5.28. The van der Waals surface area contributed by atoms with E-state index >= 15 is 0 Å². The molecule has 7 nitrogen and oxygen atoms in total. The van der Waals surface area contributed by atoms with E-state index in [1.807, 2.05) is 11.5 Å². The third-order valence-electron chi connectivity index (χ3n) is 6.58. The van der Waals surface area contributed by atoms with Gasteiger partial charge in [-0.1, -0.05) is 30.7 Å². The van der Waals surface area contributed by atoms with Crippen molar-refractivity contribution in [3.63, 3.8) is 0 Å². The molecule has 1 aliphatic heterocycles. The van der Waals surface area contributed by atoms with Gasteiger partial charge in [-0.05, 0) is 74.6 Å². The fourth-order valence-corrected chi connectivity index (χ4v) is 7.82. The number of rotatable bonds is 7. The first-order valence-corrected chi connectivity index (χ1v) is 14.3. The van der Waals surface area contributed by atoms with Gasteiger partial charge in [-0.2, -0.15) is 9.30 Å². The lowest BCUT2D eigenvalue weighted by atomic mass is 10.0. The first-order valence-electron chi connectivity index (χ1n) is 12.1. The minimum Gasteiger partial charge on any atom is -0.383 e. The lowest BCUT2D eigenvalue weighted by molar-refractivity contribution is 0.0997. The predicted molar refractivity (Wildman–Crippen MR) is 139 cm³/mol. The van der Waals surface area contributed by atoms with Crippen molar-refractivity contribution in [3.05, 3.63) is 57.9 Å². The number of piperidine rings is 1. The van der Waals surface area contributed by atoms with E-state index in [1.54, 1.807) is 23.5 Å². The number of ether oxygens (including phenoxy) is 1. The summed E-state index contributed by atoms with van der Waals surface area (Å²) >= 11 is 1.47. The van der Waals surface area contributed by atoms with Crippen LogP contribution in [0.3, 0.4) is 0 Å². The Bertz CT molecular complexity index is 1390. The molecule has 3 aromatic rings. The van der Waals surface area contributed by atoms with E-state index in [4.69, 9.17) is 4.74 Å². The van der Waals surface area contributed by atoms with Crippen molar-refractivity contribution >= 4 is 37.5 Å². The summed E-state index contributed by atoms with van der Waals surface area (Å²) < 4.78 is 36.5. The number of methoxy groups -OCH3 is 1. The third-order valence-corrected chi connectivity index (χ3v) is 9.57. The lowest BCUT2D eigenvalue weighted by Crippen LogP contribution is -2.43. The van der Waals surface area contributed by atoms with Crippen LogP contribution in [0.15, 0.2) is 46.3 Å². The summed E-state index contributed by atoms with van der Waals surface area (Å²) in [4.78, 5) is 18.3. The number of nitrogens with zero attached hydrogens (tertiary/aromatic N) is 3. The quantitative estimate of drug-likeness (QED) is 0.458. The van der Waals surface area contributed by atoms with Crippen molar-refractivity contribution < 1.29 is 17.9 Å². The van der Waals surface area contributed by atoms with Crippen LogP contribution in [0.4, 0.5) is 0 Å². The van der Waals surface area contributed by atoms with Gasteiger partial charge in [0.1, 0.15) is 0 Å². The highest BCUT2D eigenvalue weighted by molar-refractivity contribution is 7.89. The molecule has 1 aromatic heterocycles. The molecule has 1 amide bonds. The van der Waals surface area contributed by atoms with E-state index in [1.165, 1.54) is 23.5 Å². The summed E-state index contributed by atoms with van der Waals surface area (Å²) in [7, 11) is -1.94. The SMILES string of the molecule is CCC1CCCCN1S(=O)(=O)c1ccc(C(=O)N=c2sc3cc(C)cc(C)c3n2CCOC)cc1. The van der Waals surface area contributed by atoms with Gasteiger partial charge in [0, 0.05) is 31.8 Å². The van der Waals surface area contributed by atoms with E-state index in [9.17, 15) is 13.2 Å². The van der Waals surface area contributed by atoms with Crippen LogP contribution in [0, 0.1) is 13.8 Å². The smallest absolute Gasteiger partial charge is 0.279 e. The van der Waals surface area contributed by atoms with Crippen molar-refractivity contribution in [1.29, 1.82) is 0 Å². The van der Waals surface area contributed by atoms with Crippen LogP contribution >= 0.6 is 11.3 Å². The van der Waals surface area contributed by atoms with Crippen molar-refractivity contribution in [3.8, 4) is 0 Å². The van der Waals surface area contributed by atoms with Gasteiger partial charge in [0.25, 0.3) is 5.91 Å². The molecule has 4 rings (SSSR count). The largest absolute Gasteiger partial charge is 0.383 e. The average Bonchev–Trinajstić information content (AvgIpc) is 3.19. The average molecular weight is 516 g/mol. The van der Waals surface area contributed by atoms with Crippen LogP contribution in [-0.4, -0.2) is 49.5 Å². The Kier molecular flexibility index (Phi) is 7.90. The summed E-state index contributed by atoms with van der Waals surface area (Å²) in [5.74, 6) is -0.398. The number of carbonyl (C=O) groups is 1. The second kappa shape index (κ2) is 10.7. The van der Waals surface area contributed by atoms with Gasteiger partial charge < -0.3 is 9.30 Å². The number of fused-ring (bicyclic) bond motifs is 1. The van der Waals surface area contributed by atoms with Crippen molar-refractivity contribution in [1.82, 2.24) is 8.87 Å². The molecule has 2 aromatic carbocycles. The number of amides is 1. The Morgan fingerprint density at radius 1 is 1.17 bits per heavy atom. The van der Waals surface area contributed by atoms with Crippen molar-refractivity contribution in [2.75, 3.05) is 20.3 Å². The number of hydrogen-bond donors (Lipinski definition) is 0. The monoisotopic (exact) mass is 515 g/mol. The second-order valence-corrected chi connectivity index (χ2v) is 12.0. The molecule has 0 saturated carbocycles. The Morgan fingerprint density at radius 3 is 2.60 bits per heavy atom. The van der Waals surface area contributed by atoms with Crippen molar-refractivity contribution in [2.45, 2.75) is 63.9 Å². The highest BCUT2D eigenvalue weighted by Crippen LogP contribution is 2.27. The van der Waals surface area contributed by atoms with Crippen LogP contribution in [0.2, 0.25) is 0 Å². The molecule has 0 radical (unpaired) electrons. The minimum absolute atomic E-state index is 0.0349. The van der Waals surface area contributed by atoms with Gasteiger partial charge in [0.15, 0.2) is 4.80 Å². The molecule has 188 valence electrons. The highest BCUT2D eigenvalue weighted by Gasteiger charge is 2.32. The molecule has 1 aliphatic rings. The number of carbonyl (C=O) groups excluding carboxylic acids is 1. The summed E-state index contributed by atoms with van der Waals surface area (Å²) in [6.07, 6.45) is 3.62. The molecule has 1 fully saturated rings. The number of aromatic nitrogens is 1. The minimum atomic E-state index is -3.59. The lowest BCUT2D eigenvalue weighted by Gasteiger charge is -2.34. The van der Waals surface area contributed by atoms with E-state index < -0.39 is 15.9 Å². The fraction of sp³-hybridized carbons (Fsp3) is 0.462. The van der Waals surface area contributed by atoms with Gasteiger partial charge in [-0.25, -0.2) is 8.42 Å². The molecule has 0 bridgehead atoms. The molecule has 35 heavy (non-hydrogen) atoms. The van der Waals surface area contributed by atoms with Gasteiger partial charge >= 0.3 is 0 Å². The number of hydrogen-bond acceptors (Lipinski definition) is 5. The second-order valence-electron chi connectivity index (χ2n) is 9.07. The molecule has 0 aliphatic carbocycles. The normalized spacial score (nSPS) is 17.8. The molecule has 0 spiro atoms. The number of sulfonamides is 1. The summed E-state index contributed by atoms with van der Waals surface area (Å²) in [5.41, 5.74) is 3.69. The summed E-state index contributed by atoms with van der Waals surface area (Å²) in [6.45, 7) is 7.76. The standard InChI is InChI=1S/C26H33N3O4S2/c1-5-21-8-6-7-13-29(21)35(31,32)22-11-9-20(10-12-22)25(30)27-26-28(14-15-33-4)24-19(3)16-18(2)17-23(24)34-26/h9-12,16-17,21H,5-8,13-15H2,1-4H3. The first-order chi connectivity index (χ1) is 16.8. The van der Waals surface area contributed by atoms with Gasteiger partial charge in [-0.15, -0.1) is 0 Å². The van der Waals surface area contributed by atoms with Crippen LogP contribution in [0.5, 0.6) is 0 Å². The van der Waals surface area contributed by atoms with E-state index in [0.717, 1.165) is 47.0 Å². The molecule has 1 saturated heterocycles. The van der Waals surface area contributed by atoms with Crippen LogP contribution < -0.4 is 4.80 Å². The maximum atomic E-state index is 13.2. The molecule has 1 unspecified atom stereocenters. The number of thiazole rings is 1. The van der Waals surface area contributed by atoms with Gasteiger partial charge in [0.05, 0.1) is 21.7 Å². The summed E-state index contributed by atoms with van der Waals surface area (Å²) in [6, 6.07) is 10.4. The molecule has 1 atom stereocenters. The van der Waals surface area contributed by atoms with Gasteiger partial charge in [0.2, 0.25) is 10.0 Å². The molecule has 2 heterocycles. The van der Waals surface area contributed by atoms with Crippen LogP contribution in [-0.2, 0) is 21.3 Å². The predicted octanol–water partition coefficient (Wildman–Crippen LogP) is 4.66. The number of benzene rings is 2. The zero-order chi connectivity index (χ0) is 25.2. The van der Waals surface area contributed by atoms with Crippen LogP contribution in [0.25, 0.3) is 10.2 Å². The van der Waals surface area contributed by atoms with E-state index in [-0.39, 0.29) is 10.9 Å². The Morgan fingerprint density at radius 2 is 1.91 bits per heavy atom. The zero-order valence-corrected chi connectivity index (χ0v) is 22.4. The molecule has 0 N–H and O–H groups in total. The maximum Gasteiger partial charge on any atom is 0.279 e. The topological polar surface area (TPSA) is 81.0 Å². The Hall–Kier alpha value is -2.33. The Labute approximate surface area is 211 Å². The number of aryl methyl sites for hydroxylation is 2. The maximum absolute atomic E-state index is 13.2. The summed E-state index contributed by atoms with van der Waals surface area (Å²) in [5, 5.41) is 0.